The molecule has 0 unspecified atom stereocenters. The van der Waals surface area contributed by atoms with E-state index in [1.807, 2.05) is 0 Å². The number of benzene rings is 1. The quantitative estimate of drug-likeness (QED) is 0.173. The molecule has 4 N–H and O–H groups in total. The zero-order valence-corrected chi connectivity index (χ0v) is 25.4. The van der Waals surface area contributed by atoms with Crippen LogP contribution in [0.5, 0.6) is 5.75 Å². The van der Waals surface area contributed by atoms with Gasteiger partial charge in [-0.15, -0.1) is 0 Å². The number of aromatic nitrogens is 2. The van der Waals surface area contributed by atoms with Crippen molar-refractivity contribution in [2.24, 2.45) is 11.3 Å². The normalized spacial score (nSPS) is 14.1. The van der Waals surface area contributed by atoms with E-state index in [1.54, 1.807) is 24.5 Å². The minimum Gasteiger partial charge on any atom is -0.493 e. The number of carbonyl (C=O) groups is 2. The molecule has 0 atom stereocenters. The van der Waals surface area contributed by atoms with Gasteiger partial charge in [-0.25, -0.2) is 14.4 Å². The summed E-state index contributed by atoms with van der Waals surface area (Å²) in [5, 5.41) is 31.3. The van der Waals surface area contributed by atoms with Crippen molar-refractivity contribution in [3.05, 3.63) is 47.0 Å². The summed E-state index contributed by atoms with van der Waals surface area (Å²) < 4.78 is 20.4. The minimum absolute atomic E-state index is 0.0735. The van der Waals surface area contributed by atoms with Gasteiger partial charge in [-0.1, -0.05) is 24.1 Å². The first-order valence-electron chi connectivity index (χ1n) is 15.0. The molecule has 0 radical (unpaired) electrons. The standard InChI is InChI=1S/C31H44ClFN4O6/c32-25-18-35-30(36-19-25)37-12-9-23(10-13-37)5-4-14-43-27-8-7-24(28(33)16-27)15-29(42)34-11-3-1-2-6-26(41)17-31(20-38,21-39)22-40/h7-8,16,18-19,23,38-40H,1-6,9-15,17,20-22H2,(H,34,42). The number of ketones is 1. The number of anilines is 1. The molecule has 0 spiro atoms. The third kappa shape index (κ3) is 11.6. The predicted molar refractivity (Wildman–Crippen MR) is 162 cm³/mol. The predicted octanol–water partition coefficient (Wildman–Crippen LogP) is 3.49. The van der Waals surface area contributed by atoms with Crippen molar-refractivity contribution < 1.29 is 34.0 Å². The van der Waals surface area contributed by atoms with E-state index in [1.165, 1.54) is 6.07 Å². The number of piperidine rings is 1. The van der Waals surface area contributed by atoms with E-state index in [0.29, 0.717) is 60.6 Å². The van der Waals surface area contributed by atoms with Crippen LogP contribution in [0.4, 0.5) is 10.3 Å². The molecule has 238 valence electrons. The van der Waals surface area contributed by atoms with E-state index in [4.69, 9.17) is 16.3 Å². The lowest BCUT2D eigenvalue weighted by molar-refractivity contribution is -0.125. The summed E-state index contributed by atoms with van der Waals surface area (Å²) in [5.74, 6) is 0.862. The van der Waals surface area contributed by atoms with Gasteiger partial charge in [-0.05, 0) is 56.1 Å². The van der Waals surface area contributed by atoms with E-state index in [9.17, 15) is 29.3 Å². The van der Waals surface area contributed by atoms with Crippen molar-refractivity contribution in [3.8, 4) is 5.75 Å². The van der Waals surface area contributed by atoms with Crippen molar-refractivity contribution in [2.45, 2.75) is 64.2 Å². The Labute approximate surface area is 257 Å². The highest BCUT2D eigenvalue weighted by atomic mass is 35.5. The van der Waals surface area contributed by atoms with Crippen molar-refractivity contribution in [3.63, 3.8) is 0 Å². The summed E-state index contributed by atoms with van der Waals surface area (Å²) >= 11 is 5.87. The number of ether oxygens (including phenoxy) is 1. The van der Waals surface area contributed by atoms with E-state index < -0.39 is 31.1 Å². The SMILES string of the molecule is O=C(CCCCCNC(=O)Cc1ccc(OCCCC2CCN(c3ncc(Cl)cn3)CC2)cc1F)CC(CO)(CO)CO. The second-order valence-corrected chi connectivity index (χ2v) is 11.8. The number of rotatable bonds is 19. The average molecular weight is 623 g/mol. The highest BCUT2D eigenvalue weighted by Gasteiger charge is 2.30. The van der Waals surface area contributed by atoms with Gasteiger partial charge in [0, 0.05) is 44.0 Å². The van der Waals surface area contributed by atoms with Gasteiger partial charge in [0.25, 0.3) is 0 Å². The van der Waals surface area contributed by atoms with Crippen LogP contribution >= 0.6 is 11.6 Å². The summed E-state index contributed by atoms with van der Waals surface area (Å²) in [7, 11) is 0. The van der Waals surface area contributed by atoms with Gasteiger partial charge >= 0.3 is 0 Å². The smallest absolute Gasteiger partial charge is 0.225 e. The molecule has 0 aliphatic carbocycles. The monoisotopic (exact) mass is 622 g/mol. The third-order valence-corrected chi connectivity index (χ3v) is 8.13. The molecule has 1 aromatic heterocycles. The van der Waals surface area contributed by atoms with E-state index >= 15 is 0 Å². The number of nitrogens with one attached hydrogen (secondary N) is 1. The number of hydrogen-bond donors (Lipinski definition) is 4. The fourth-order valence-electron chi connectivity index (χ4n) is 5.13. The minimum atomic E-state index is -1.18. The highest BCUT2D eigenvalue weighted by Crippen LogP contribution is 2.25. The molecule has 10 nitrogen and oxygen atoms in total. The van der Waals surface area contributed by atoms with Crippen LogP contribution in [0.25, 0.3) is 0 Å². The molecule has 2 heterocycles. The Balaban J connectivity index is 1.25. The maximum absolute atomic E-state index is 14.6. The first-order chi connectivity index (χ1) is 20.8. The lowest BCUT2D eigenvalue weighted by atomic mass is 9.84. The number of hydrogen-bond acceptors (Lipinski definition) is 9. The Morgan fingerprint density at radius 2 is 1.74 bits per heavy atom. The molecular formula is C31H44ClFN4O6. The van der Waals surface area contributed by atoms with Crippen LogP contribution in [-0.4, -0.2) is 83.0 Å². The van der Waals surface area contributed by atoms with Gasteiger partial charge in [0.1, 0.15) is 17.3 Å². The molecule has 1 aliphatic rings. The topological polar surface area (TPSA) is 145 Å². The number of unbranched alkanes of at least 4 members (excludes halogenated alkanes) is 2. The summed E-state index contributed by atoms with van der Waals surface area (Å²) in [6.07, 6.45) is 9.33. The summed E-state index contributed by atoms with van der Waals surface area (Å²) in [4.78, 5) is 35.1. The third-order valence-electron chi connectivity index (χ3n) is 7.94. The number of carbonyl (C=O) groups excluding carboxylic acids is 2. The maximum Gasteiger partial charge on any atom is 0.225 e. The summed E-state index contributed by atoms with van der Waals surface area (Å²) in [6.45, 7) is 1.33. The number of halogens is 2. The highest BCUT2D eigenvalue weighted by molar-refractivity contribution is 6.30. The fourth-order valence-corrected chi connectivity index (χ4v) is 5.22. The molecule has 3 rings (SSSR count). The maximum atomic E-state index is 14.6. The van der Waals surface area contributed by atoms with Crippen LogP contribution in [0.15, 0.2) is 30.6 Å². The van der Waals surface area contributed by atoms with Gasteiger partial charge < -0.3 is 30.3 Å². The Morgan fingerprint density at radius 1 is 1.05 bits per heavy atom. The Bertz CT molecular complexity index is 1140. The first-order valence-corrected chi connectivity index (χ1v) is 15.4. The molecular weight excluding hydrogens is 579 g/mol. The van der Waals surface area contributed by atoms with Crippen molar-refractivity contribution >= 4 is 29.2 Å². The van der Waals surface area contributed by atoms with Crippen LogP contribution in [0, 0.1) is 17.2 Å². The largest absolute Gasteiger partial charge is 0.493 e. The van der Waals surface area contributed by atoms with Crippen molar-refractivity contribution in [2.75, 3.05) is 51.0 Å². The van der Waals surface area contributed by atoms with Crippen LogP contribution in [0.1, 0.15) is 63.4 Å². The second kappa shape index (κ2) is 18.1. The van der Waals surface area contributed by atoms with Crippen molar-refractivity contribution in [1.82, 2.24) is 15.3 Å². The number of aliphatic hydroxyl groups excluding tert-OH is 3. The van der Waals surface area contributed by atoms with Crippen LogP contribution < -0.4 is 15.0 Å². The number of amides is 1. The average Bonchev–Trinajstić information content (AvgIpc) is 3.02. The molecule has 1 saturated heterocycles. The molecule has 12 heteroatoms. The molecule has 1 amide bonds. The summed E-state index contributed by atoms with van der Waals surface area (Å²) in [5.41, 5.74) is -0.883. The number of Topliss-reactive ketones (excluding diaryl/α,β-unsaturated/α-hetero) is 1. The van der Waals surface area contributed by atoms with Crippen LogP contribution in [-0.2, 0) is 16.0 Å². The van der Waals surface area contributed by atoms with E-state index in [0.717, 1.165) is 38.8 Å². The number of aliphatic hydroxyl groups is 3. The Hall–Kier alpha value is -2.86. The molecule has 1 fully saturated rings. The lowest BCUT2D eigenvalue weighted by Gasteiger charge is -2.31. The van der Waals surface area contributed by atoms with Crippen LogP contribution in [0.2, 0.25) is 5.02 Å². The molecule has 1 aliphatic heterocycles. The Kier molecular flexibility index (Phi) is 14.5. The molecule has 43 heavy (non-hydrogen) atoms. The zero-order valence-electron chi connectivity index (χ0n) is 24.6. The van der Waals surface area contributed by atoms with Crippen LogP contribution in [0.3, 0.4) is 0 Å². The van der Waals surface area contributed by atoms with Gasteiger partial charge in [-0.2, -0.15) is 0 Å². The zero-order chi connectivity index (χ0) is 31.1. The lowest BCUT2D eigenvalue weighted by Crippen LogP contribution is -2.36. The summed E-state index contributed by atoms with van der Waals surface area (Å²) in [6, 6.07) is 4.59. The van der Waals surface area contributed by atoms with E-state index in [2.05, 4.69) is 20.2 Å². The van der Waals surface area contributed by atoms with Gasteiger partial charge in [-0.3, -0.25) is 9.59 Å². The van der Waals surface area contributed by atoms with Gasteiger partial charge in [0.2, 0.25) is 11.9 Å². The molecule has 1 aromatic carbocycles. The molecule has 0 bridgehead atoms. The number of nitrogens with zero attached hydrogens (tertiary/aromatic N) is 3. The first kappa shape index (κ1) is 34.6. The van der Waals surface area contributed by atoms with E-state index in [-0.39, 0.29) is 31.0 Å². The molecule has 2 aromatic rings. The fraction of sp³-hybridized carbons (Fsp3) is 0.613. The Morgan fingerprint density at radius 3 is 2.40 bits per heavy atom. The van der Waals surface area contributed by atoms with Crippen molar-refractivity contribution in [1.29, 1.82) is 0 Å². The van der Waals surface area contributed by atoms with Gasteiger partial charge in [0.05, 0.1) is 50.3 Å². The molecule has 0 saturated carbocycles. The second-order valence-electron chi connectivity index (χ2n) is 11.4. The van der Waals surface area contributed by atoms with Gasteiger partial charge in [0.15, 0.2) is 0 Å².